The number of halogens is 17. The van der Waals surface area contributed by atoms with Crippen molar-refractivity contribution < 1.29 is 95.7 Å². The number of hydrogen-bond donors (Lipinski definition) is 1. The second kappa shape index (κ2) is 36.2. The predicted molar refractivity (Wildman–Crippen MR) is 340 cm³/mol. The van der Waals surface area contributed by atoms with Crippen LogP contribution in [0, 0.1) is 17.8 Å². The topological polar surface area (TPSA) is 125 Å². The van der Waals surface area contributed by atoms with Gasteiger partial charge in [-0.2, -0.15) is 65.9 Å². The van der Waals surface area contributed by atoms with E-state index in [1.54, 1.807) is 4.90 Å². The third kappa shape index (κ3) is 25.2. The molecule has 0 bridgehead atoms. The monoisotopic (exact) mass is 1500 g/mol. The molecule has 95 heavy (non-hydrogen) atoms. The number of nitrogens with zero attached hydrogens (tertiary/aromatic N) is 6. The number of rotatable bonds is 18. The van der Waals surface area contributed by atoms with Crippen molar-refractivity contribution in [1.82, 2.24) is 30.6 Å². The molecule has 13 nitrogen and oxygen atoms in total. The lowest BCUT2D eigenvalue weighted by Crippen LogP contribution is -2.45. The zero-order valence-corrected chi connectivity index (χ0v) is 55.8. The van der Waals surface area contributed by atoms with Gasteiger partial charge in [-0.05, 0) is 123 Å². The number of hydrogen-bond acceptors (Lipinski definition) is 13. The molecule has 3 fully saturated rings. The molecule has 4 aromatic carbocycles. The van der Waals surface area contributed by atoms with Crippen LogP contribution in [-0.2, 0) is 37.4 Å². The van der Waals surface area contributed by atoms with Gasteiger partial charge in [-0.25, -0.2) is 0 Å². The van der Waals surface area contributed by atoms with Crippen LogP contribution in [0.1, 0.15) is 115 Å². The number of nitrogens with one attached hydrogen (secondary N) is 1. The molecule has 0 radical (unpaired) electrons. The summed E-state index contributed by atoms with van der Waals surface area (Å²) in [6.45, 7) is 17.9. The lowest BCUT2D eigenvalue weighted by Gasteiger charge is -2.37. The lowest BCUT2D eigenvalue weighted by molar-refractivity contribution is -0.142. The van der Waals surface area contributed by atoms with Crippen LogP contribution in [0.3, 0.4) is 0 Å². The van der Waals surface area contributed by atoms with Crippen LogP contribution in [0.2, 0.25) is 5.15 Å². The molecule has 6 aromatic rings. The quantitative estimate of drug-likeness (QED) is 0.0649. The van der Waals surface area contributed by atoms with Gasteiger partial charge < -0.3 is 38.6 Å². The van der Waals surface area contributed by atoms with Crippen LogP contribution in [0.4, 0.5) is 71.7 Å². The van der Waals surface area contributed by atoms with Gasteiger partial charge in [0.15, 0.2) is 56.9 Å². The molecular weight excluding hydrogens is 1420 g/mol. The summed E-state index contributed by atoms with van der Waals surface area (Å²) < 4.78 is 225. The minimum absolute atomic E-state index is 0. The largest absolute Gasteiger partial charge is 0.490 e. The zero-order chi connectivity index (χ0) is 69.0. The lowest BCUT2D eigenvalue weighted by atomic mass is 9.96. The van der Waals surface area contributed by atoms with Crippen molar-refractivity contribution in [3.63, 3.8) is 0 Å². The van der Waals surface area contributed by atoms with Gasteiger partial charge in [0.2, 0.25) is 0 Å². The summed E-state index contributed by atoms with van der Waals surface area (Å²) in [5, 5.41) is 16.0. The van der Waals surface area contributed by atoms with Gasteiger partial charge in [0, 0.05) is 64.9 Å². The second-order valence-corrected chi connectivity index (χ2v) is 23.1. The van der Waals surface area contributed by atoms with Gasteiger partial charge in [0.05, 0.1) is 36.5 Å². The molecule has 30 heteroatoms. The summed E-state index contributed by atoms with van der Waals surface area (Å²) in [4.78, 5) is 4.19. The molecule has 528 valence electrons. The molecule has 0 unspecified atom stereocenters. The third-order valence-electron chi connectivity index (χ3n) is 14.9. The van der Waals surface area contributed by atoms with Crippen molar-refractivity contribution in [1.29, 1.82) is 0 Å². The molecule has 0 saturated carbocycles. The first-order valence-electron chi connectivity index (χ1n) is 30.5. The zero-order valence-electron chi connectivity index (χ0n) is 52.8. The molecule has 2 aromatic heterocycles. The maximum Gasteiger partial charge on any atom is 0.435 e. The van der Waals surface area contributed by atoms with Crippen molar-refractivity contribution >= 4 is 41.4 Å². The second-order valence-electron chi connectivity index (χ2n) is 22.7. The number of benzene rings is 4. The van der Waals surface area contributed by atoms with E-state index >= 15 is 0 Å². The Morgan fingerprint density at radius 1 is 0.474 bits per heavy atom. The molecule has 0 amide bonds. The fourth-order valence-electron chi connectivity index (χ4n) is 9.96. The van der Waals surface area contributed by atoms with Crippen molar-refractivity contribution in [2.45, 2.75) is 136 Å². The van der Waals surface area contributed by atoms with E-state index in [1.807, 2.05) is 45.9 Å². The fourth-order valence-corrected chi connectivity index (χ4v) is 10.1. The van der Waals surface area contributed by atoms with Gasteiger partial charge in [-0.1, -0.05) is 83.5 Å². The molecule has 6 atom stereocenters. The first-order chi connectivity index (χ1) is 44.3. The number of piperidine rings is 3. The molecule has 3 saturated heterocycles. The van der Waals surface area contributed by atoms with Crippen molar-refractivity contribution in [2.24, 2.45) is 17.8 Å². The Labute approximate surface area is 565 Å². The van der Waals surface area contributed by atoms with Gasteiger partial charge in [-0.3, -0.25) is 4.90 Å². The Morgan fingerprint density at radius 2 is 0.895 bits per heavy atom. The first-order valence-corrected chi connectivity index (χ1v) is 30.9. The Bertz CT molecular complexity index is 3250. The van der Waals surface area contributed by atoms with Crippen molar-refractivity contribution in [3.05, 3.63) is 148 Å². The molecular formula is C65H78ClF15IN7O6. The number of anilines is 1. The number of ether oxygens (including phenoxy) is 6. The molecule has 0 spiro atoms. The third-order valence-corrected chi connectivity index (χ3v) is 15.1. The highest BCUT2D eigenvalue weighted by atomic mass is 127. The summed E-state index contributed by atoms with van der Waals surface area (Å²) in [7, 11) is 0. The molecule has 3 aliphatic rings. The van der Waals surface area contributed by atoms with E-state index in [0.717, 1.165) is 107 Å². The van der Waals surface area contributed by atoms with Gasteiger partial charge in [0.25, 0.3) is 0 Å². The summed E-state index contributed by atoms with van der Waals surface area (Å²) in [6.07, 6.45) is -18.5. The summed E-state index contributed by atoms with van der Waals surface area (Å²) in [5.41, 5.74) is -3.08. The van der Waals surface area contributed by atoms with Crippen LogP contribution < -0.4 is 38.6 Å². The number of aromatic nitrogens is 4. The highest BCUT2D eigenvalue weighted by molar-refractivity contribution is 14.0. The van der Waals surface area contributed by atoms with Gasteiger partial charge >= 0.3 is 30.9 Å². The minimum Gasteiger partial charge on any atom is -0.490 e. The predicted octanol–water partition coefficient (Wildman–Crippen LogP) is 18.3. The molecule has 0 aliphatic carbocycles. The average molecular weight is 1500 g/mol. The van der Waals surface area contributed by atoms with E-state index < -0.39 is 59.0 Å². The highest BCUT2D eigenvalue weighted by Crippen LogP contribution is 2.42. The molecule has 1 N–H and O–H groups in total. The van der Waals surface area contributed by atoms with E-state index in [4.69, 9.17) is 40.0 Å². The number of likely N-dealkylation sites (tertiary alicyclic amines) is 1. The van der Waals surface area contributed by atoms with Crippen LogP contribution in [0.25, 0.3) is 0 Å². The van der Waals surface area contributed by atoms with Crippen LogP contribution in [0.5, 0.6) is 34.5 Å². The standard InChI is InChI=1S/C23H28F3NO2.C21H23F6N3O2.C16H22F3NO2.C5H2ClF3N2.HI.H2/c1-3-13-28-22-14-19(23(24,25)26)9-10-21(22)29-20-11-12-27(15-17(20)2)16-18-7-5-4-6-8-18;1-3-10-31-17-11-14(20(22,23)24)4-5-16(17)32-15-8-9-30(12-13(15)2)19-7-6-18(28-29-19)21(25,26)27;1-3-8-21-15-9-12(16(17,18)19)4-5-14(15)22-13-6-7-20-10-11(13)2;6-4-2-1-3(10-11-4)5(7,8)9;;/h4-10,14,17,20H,3,11-13,15-16H2,1-2H3;4-7,11,13,15H,3,8-10,12H2,1-2H3;4-5,9,11,13,20H,3,6-8,10H2,1-2H3;1-2H;2*1H/t17-,20-;13-,15-;11-,13-;;;/m000.../s1. The average Bonchev–Trinajstić information content (AvgIpc) is 0.835. The minimum atomic E-state index is -4.56. The van der Waals surface area contributed by atoms with Crippen LogP contribution in [0.15, 0.2) is 109 Å². The summed E-state index contributed by atoms with van der Waals surface area (Å²) in [6, 6.07) is 24.3. The maximum absolute atomic E-state index is 13.1. The highest BCUT2D eigenvalue weighted by Gasteiger charge is 2.38. The Kier molecular flexibility index (Phi) is 30.2. The van der Waals surface area contributed by atoms with Crippen molar-refractivity contribution in [3.8, 4) is 34.5 Å². The van der Waals surface area contributed by atoms with Gasteiger partial charge in [0.1, 0.15) is 18.3 Å². The Balaban J connectivity index is 0.000000284. The van der Waals surface area contributed by atoms with E-state index in [1.165, 1.54) is 29.8 Å². The molecule has 5 heterocycles. The fraction of sp³-hybridized carbons (Fsp3) is 0.508. The maximum atomic E-state index is 13.1. The van der Waals surface area contributed by atoms with E-state index in [2.05, 4.69) is 56.6 Å². The van der Waals surface area contributed by atoms with Crippen molar-refractivity contribution in [2.75, 3.05) is 64.0 Å². The van der Waals surface area contributed by atoms with E-state index in [9.17, 15) is 65.9 Å². The van der Waals surface area contributed by atoms with E-state index in [0.29, 0.717) is 68.8 Å². The SMILES string of the molecule is CCCOc1cc(C(F)(F)F)ccc1O[C@H]1CCN(Cc2ccccc2)C[C@@H]1C.CCCOc1cc(C(F)(F)F)ccc1O[C@H]1CCN(c2ccc(C(F)(F)F)nn2)C[C@@H]1C.CCCOc1cc(C(F)(F)F)ccc1O[C@H]1CCNC[C@@H]1C.FC(F)(F)c1ccc(Cl)nn1.I.[HH]. The molecule has 3 aliphatic heterocycles. The van der Waals surface area contributed by atoms with Crippen LogP contribution >= 0.6 is 35.6 Å². The Morgan fingerprint density at radius 3 is 1.26 bits per heavy atom. The van der Waals surface area contributed by atoms with Crippen LogP contribution in [-0.4, -0.2) is 103 Å². The normalized spacial score (nSPS) is 19.4. The Hall–Kier alpha value is -6.47. The summed E-state index contributed by atoms with van der Waals surface area (Å²) in [5.74, 6) is 2.18. The van der Waals surface area contributed by atoms with E-state index in [-0.39, 0.29) is 90.3 Å². The number of alkyl halides is 15. The van der Waals surface area contributed by atoms with Gasteiger partial charge in [-0.15, -0.1) is 44.4 Å². The smallest absolute Gasteiger partial charge is 0.435 e. The summed E-state index contributed by atoms with van der Waals surface area (Å²) >= 11 is 5.22. The first kappa shape index (κ1) is 79.2. The molecule has 9 rings (SSSR count).